The highest BCUT2D eigenvalue weighted by Gasteiger charge is 2.31. The number of fused-ring (bicyclic) bond motifs is 1. The van der Waals surface area contributed by atoms with Crippen molar-refractivity contribution in [3.8, 4) is 11.3 Å². The lowest BCUT2D eigenvalue weighted by atomic mass is 10.1. The van der Waals surface area contributed by atoms with Gasteiger partial charge >= 0.3 is 6.18 Å². The van der Waals surface area contributed by atoms with E-state index in [9.17, 15) is 21.6 Å². The van der Waals surface area contributed by atoms with Crippen LogP contribution in [0.25, 0.3) is 22.2 Å². The molecule has 0 saturated carbocycles. The molecule has 0 spiro atoms. The van der Waals surface area contributed by atoms with E-state index in [-0.39, 0.29) is 17.5 Å². The Hall–Kier alpha value is -2.56. The number of sulfone groups is 1. The number of rotatable bonds is 6. The predicted molar refractivity (Wildman–Crippen MR) is 135 cm³/mol. The first kappa shape index (κ1) is 25.1. The summed E-state index contributed by atoms with van der Waals surface area (Å²) in [5, 5.41) is 4.09. The molecule has 0 bridgehead atoms. The summed E-state index contributed by atoms with van der Waals surface area (Å²) >= 11 is 0. The smallest absolute Gasteiger partial charge is 0.382 e. The number of halogens is 3. The van der Waals surface area contributed by atoms with Crippen molar-refractivity contribution < 1.29 is 26.3 Å². The number of anilines is 1. The van der Waals surface area contributed by atoms with Gasteiger partial charge in [-0.05, 0) is 42.2 Å². The first-order valence-corrected chi connectivity index (χ1v) is 14.0. The van der Waals surface area contributed by atoms with Crippen LogP contribution in [0.2, 0.25) is 0 Å². The zero-order chi connectivity index (χ0) is 25.3. The van der Waals surface area contributed by atoms with Crippen LogP contribution in [-0.2, 0) is 27.7 Å². The minimum Gasteiger partial charge on any atom is -0.382 e. The molecular formula is C26H30F3N3O3S. The molecule has 2 fully saturated rings. The van der Waals surface area contributed by atoms with Gasteiger partial charge in [0.1, 0.15) is 16.4 Å². The van der Waals surface area contributed by atoms with Crippen molar-refractivity contribution in [1.82, 2.24) is 9.47 Å². The number of nitrogens with zero attached hydrogens (tertiary/aromatic N) is 2. The first-order chi connectivity index (χ1) is 17.2. The van der Waals surface area contributed by atoms with Gasteiger partial charge in [0.2, 0.25) is 0 Å². The van der Waals surface area contributed by atoms with Gasteiger partial charge in [0, 0.05) is 42.4 Å². The predicted octanol–water partition coefficient (Wildman–Crippen LogP) is 4.69. The van der Waals surface area contributed by atoms with Gasteiger partial charge in [0.25, 0.3) is 0 Å². The highest BCUT2D eigenvalue weighted by Crippen LogP contribution is 2.36. The van der Waals surface area contributed by atoms with E-state index in [2.05, 4.69) is 10.2 Å². The van der Waals surface area contributed by atoms with Crippen LogP contribution >= 0.6 is 0 Å². The lowest BCUT2D eigenvalue weighted by Crippen LogP contribution is -2.35. The first-order valence-electron chi connectivity index (χ1n) is 12.2. The van der Waals surface area contributed by atoms with Crippen LogP contribution in [0.4, 0.5) is 18.9 Å². The van der Waals surface area contributed by atoms with Crippen LogP contribution in [0.1, 0.15) is 18.4 Å². The Labute approximate surface area is 209 Å². The van der Waals surface area contributed by atoms with E-state index in [1.807, 2.05) is 30.3 Å². The van der Waals surface area contributed by atoms with E-state index in [0.717, 1.165) is 36.4 Å². The van der Waals surface area contributed by atoms with Gasteiger partial charge in [-0.3, -0.25) is 4.90 Å². The molecule has 2 aliphatic heterocycles. The molecule has 2 saturated heterocycles. The van der Waals surface area contributed by atoms with E-state index in [0.29, 0.717) is 42.7 Å². The molecule has 36 heavy (non-hydrogen) atoms. The molecule has 3 heterocycles. The molecule has 0 aliphatic carbocycles. The van der Waals surface area contributed by atoms with Crippen molar-refractivity contribution >= 4 is 26.4 Å². The monoisotopic (exact) mass is 521 g/mol. The number of nitrogens with one attached hydrogen (secondary N) is 1. The molecule has 0 amide bonds. The van der Waals surface area contributed by atoms with Crippen LogP contribution in [0.3, 0.4) is 0 Å². The summed E-state index contributed by atoms with van der Waals surface area (Å²) in [7, 11) is -3.00. The Kier molecular flexibility index (Phi) is 7.02. The largest absolute Gasteiger partial charge is 0.406 e. The average molecular weight is 522 g/mol. The Balaban J connectivity index is 1.46. The molecule has 0 unspecified atom stereocenters. The fraction of sp³-hybridized carbons (Fsp3) is 0.462. The van der Waals surface area contributed by atoms with E-state index in [1.54, 1.807) is 18.2 Å². The van der Waals surface area contributed by atoms with Crippen molar-refractivity contribution in [1.29, 1.82) is 0 Å². The summed E-state index contributed by atoms with van der Waals surface area (Å²) in [6, 6.07) is 14.8. The number of benzene rings is 2. The van der Waals surface area contributed by atoms with Gasteiger partial charge < -0.3 is 14.6 Å². The summed E-state index contributed by atoms with van der Waals surface area (Å²) in [6.45, 7) is 2.84. The zero-order valence-corrected chi connectivity index (χ0v) is 20.7. The van der Waals surface area contributed by atoms with Crippen LogP contribution in [0.15, 0.2) is 48.5 Å². The number of hydrogen-bond acceptors (Lipinski definition) is 5. The minimum atomic E-state index is -4.38. The van der Waals surface area contributed by atoms with E-state index >= 15 is 0 Å². The van der Waals surface area contributed by atoms with Gasteiger partial charge in [-0.25, -0.2) is 8.42 Å². The fourth-order valence-electron chi connectivity index (χ4n) is 5.05. The highest BCUT2D eigenvalue weighted by atomic mass is 32.2. The highest BCUT2D eigenvalue weighted by molar-refractivity contribution is 7.91. The van der Waals surface area contributed by atoms with Crippen LogP contribution in [-0.4, -0.2) is 67.9 Å². The third-order valence-electron chi connectivity index (χ3n) is 6.96. The van der Waals surface area contributed by atoms with Crippen molar-refractivity contribution in [2.45, 2.75) is 38.1 Å². The molecule has 3 aromatic rings. The summed E-state index contributed by atoms with van der Waals surface area (Å²) in [5.74, 6) is 0.246. The average Bonchev–Trinajstić information content (AvgIpc) is 3.19. The minimum absolute atomic E-state index is 0.0342. The van der Waals surface area contributed by atoms with E-state index in [1.165, 1.54) is 4.57 Å². The maximum absolute atomic E-state index is 13.6. The number of alkyl halides is 3. The Bertz CT molecular complexity index is 1300. The Morgan fingerprint density at radius 3 is 2.36 bits per heavy atom. The number of morpholine rings is 1. The normalized spacial score (nSPS) is 19.5. The van der Waals surface area contributed by atoms with Gasteiger partial charge in [0.15, 0.2) is 0 Å². The topological polar surface area (TPSA) is 63.6 Å². The molecule has 194 valence electrons. The SMILES string of the molecule is O=S1(=O)CCC(Nc2cccc3c2cc(-c2ccc(CN4CCOCC4)cc2)n3CC(F)(F)F)CC1. The summed E-state index contributed by atoms with van der Waals surface area (Å²) in [4.78, 5) is 2.30. The summed E-state index contributed by atoms with van der Waals surface area (Å²) in [6.07, 6.45) is -3.41. The molecule has 0 radical (unpaired) electrons. The van der Waals surface area contributed by atoms with Gasteiger partial charge in [-0.2, -0.15) is 13.2 Å². The molecule has 10 heteroatoms. The molecule has 2 aromatic carbocycles. The quantitative estimate of drug-likeness (QED) is 0.510. The van der Waals surface area contributed by atoms with Crippen LogP contribution in [0, 0.1) is 0 Å². The number of aromatic nitrogens is 1. The Morgan fingerprint density at radius 1 is 1.00 bits per heavy atom. The second-order valence-corrected chi connectivity index (χ2v) is 11.9. The summed E-state index contributed by atoms with van der Waals surface area (Å²) < 4.78 is 71.1. The lowest BCUT2D eigenvalue weighted by Gasteiger charge is -2.26. The van der Waals surface area contributed by atoms with Gasteiger partial charge in [-0.1, -0.05) is 30.3 Å². The zero-order valence-electron chi connectivity index (χ0n) is 19.9. The molecule has 2 aliphatic rings. The third-order valence-corrected chi connectivity index (χ3v) is 8.67. The molecule has 5 rings (SSSR count). The van der Waals surface area contributed by atoms with Gasteiger partial charge in [0.05, 0.1) is 30.2 Å². The Morgan fingerprint density at radius 2 is 1.69 bits per heavy atom. The molecule has 1 N–H and O–H groups in total. The van der Waals surface area contributed by atoms with Crippen molar-refractivity contribution in [3.05, 3.63) is 54.1 Å². The second kappa shape index (κ2) is 10.1. The standard InChI is InChI=1S/C26H30F3N3O3S/c27-26(28,29)18-32-24-3-1-2-23(30-21-8-14-36(33,34)15-9-21)22(24)16-25(32)20-6-4-19(5-7-20)17-31-10-12-35-13-11-31/h1-7,16,21,30H,8-15,17-18H2. The lowest BCUT2D eigenvalue weighted by molar-refractivity contribution is -0.139. The molecular weight excluding hydrogens is 491 g/mol. The van der Waals surface area contributed by atoms with Gasteiger partial charge in [-0.15, -0.1) is 0 Å². The maximum Gasteiger partial charge on any atom is 0.406 e. The second-order valence-electron chi connectivity index (χ2n) is 9.63. The van der Waals surface area contributed by atoms with Crippen LogP contribution < -0.4 is 5.32 Å². The fourth-order valence-corrected chi connectivity index (χ4v) is 6.54. The molecule has 6 nitrogen and oxygen atoms in total. The summed E-state index contributed by atoms with van der Waals surface area (Å²) in [5.41, 5.74) is 3.54. The number of ether oxygens (including phenoxy) is 1. The molecule has 1 aromatic heterocycles. The van der Waals surface area contributed by atoms with Crippen LogP contribution in [0.5, 0.6) is 0 Å². The van der Waals surface area contributed by atoms with Crippen molar-refractivity contribution in [2.24, 2.45) is 0 Å². The van der Waals surface area contributed by atoms with Crippen molar-refractivity contribution in [2.75, 3.05) is 43.1 Å². The van der Waals surface area contributed by atoms with E-state index in [4.69, 9.17) is 4.74 Å². The maximum atomic E-state index is 13.6. The number of hydrogen-bond donors (Lipinski definition) is 1. The van der Waals surface area contributed by atoms with E-state index < -0.39 is 22.6 Å². The third kappa shape index (κ3) is 5.87. The molecule has 0 atom stereocenters. The van der Waals surface area contributed by atoms with Crippen molar-refractivity contribution in [3.63, 3.8) is 0 Å².